The molecule has 0 aromatic carbocycles. The van der Waals surface area contributed by atoms with E-state index in [1.54, 1.807) is 0 Å². The summed E-state index contributed by atoms with van der Waals surface area (Å²) in [5.74, 6) is -0.424. The maximum absolute atomic E-state index is 11.5. The molecule has 1 fully saturated rings. The average Bonchev–Trinajstić information content (AvgIpc) is 2.46. The van der Waals surface area contributed by atoms with E-state index >= 15 is 0 Å². The fourth-order valence-corrected chi connectivity index (χ4v) is 1.63. The highest BCUT2D eigenvalue weighted by Gasteiger charge is 2.39. The summed E-state index contributed by atoms with van der Waals surface area (Å²) in [6.45, 7) is 5.75. The van der Waals surface area contributed by atoms with Crippen LogP contribution in [0, 0.1) is 5.92 Å². The lowest BCUT2D eigenvalue weighted by molar-refractivity contribution is -0.143. The van der Waals surface area contributed by atoms with Gasteiger partial charge in [-0.15, -0.1) is 0 Å². The Kier molecular flexibility index (Phi) is 4.52. The predicted octanol–water partition coefficient (Wildman–Crippen LogP) is 1.41. The van der Waals surface area contributed by atoms with Crippen molar-refractivity contribution in [1.29, 1.82) is 0 Å². The van der Waals surface area contributed by atoms with Crippen molar-refractivity contribution in [2.45, 2.75) is 45.8 Å². The molecule has 16 heavy (non-hydrogen) atoms. The molecule has 4 nitrogen and oxygen atoms in total. The van der Waals surface area contributed by atoms with Gasteiger partial charge >= 0.3 is 5.97 Å². The van der Waals surface area contributed by atoms with Crippen molar-refractivity contribution in [2.75, 3.05) is 0 Å². The first kappa shape index (κ1) is 12.7. The molecule has 1 aliphatic heterocycles. The van der Waals surface area contributed by atoms with Gasteiger partial charge < -0.3 is 10.1 Å². The molecule has 1 rings (SSSR count). The fourth-order valence-electron chi connectivity index (χ4n) is 1.63. The molecule has 0 bridgehead atoms. The monoisotopic (exact) mass is 225 g/mol. The zero-order valence-electron chi connectivity index (χ0n) is 10.0. The molecule has 1 amide bonds. The highest BCUT2D eigenvalue weighted by Crippen LogP contribution is 2.21. The van der Waals surface area contributed by atoms with Gasteiger partial charge in [0.1, 0.15) is 12.1 Å². The third-order valence-corrected chi connectivity index (χ3v) is 2.84. The zero-order valence-corrected chi connectivity index (χ0v) is 10.0. The molecule has 1 saturated heterocycles. The molecule has 0 aromatic heterocycles. The third-order valence-electron chi connectivity index (χ3n) is 2.84. The van der Waals surface area contributed by atoms with Crippen LogP contribution in [0.1, 0.15) is 33.6 Å². The number of nitrogens with one attached hydrogen (secondary N) is 1. The second-order valence-corrected chi connectivity index (χ2v) is 4.13. The normalized spacial score (nSPS) is 29.4. The second kappa shape index (κ2) is 5.68. The molecule has 4 heteroatoms. The van der Waals surface area contributed by atoms with Crippen LogP contribution in [-0.2, 0) is 14.3 Å². The Balaban J connectivity index is 2.44. The van der Waals surface area contributed by atoms with E-state index in [9.17, 15) is 9.59 Å². The Morgan fingerprint density at radius 3 is 2.62 bits per heavy atom. The smallest absolute Gasteiger partial charge is 0.329 e. The van der Waals surface area contributed by atoms with Gasteiger partial charge in [0.25, 0.3) is 0 Å². The minimum Gasteiger partial charge on any atom is -0.461 e. The summed E-state index contributed by atoms with van der Waals surface area (Å²) in [7, 11) is 0. The Morgan fingerprint density at radius 2 is 2.12 bits per heavy atom. The van der Waals surface area contributed by atoms with Crippen molar-refractivity contribution in [3.8, 4) is 0 Å². The lowest BCUT2D eigenvalue weighted by atomic mass is 10.00. The molecule has 0 saturated carbocycles. The van der Waals surface area contributed by atoms with Gasteiger partial charge in [-0.25, -0.2) is 4.79 Å². The molecule has 0 aromatic rings. The number of cyclic esters (lactones) is 1. The Morgan fingerprint density at radius 1 is 1.44 bits per heavy atom. The number of hydrogen-bond acceptors (Lipinski definition) is 3. The molecule has 1 N–H and O–H groups in total. The van der Waals surface area contributed by atoms with Crippen LogP contribution in [-0.4, -0.2) is 24.0 Å². The molecular formula is C12H19NO3. The van der Waals surface area contributed by atoms with Crippen LogP contribution in [0.4, 0.5) is 0 Å². The van der Waals surface area contributed by atoms with Gasteiger partial charge in [-0.2, -0.15) is 0 Å². The molecular weight excluding hydrogens is 206 g/mol. The number of carbonyl (C=O) groups excluding carboxylic acids is 2. The third kappa shape index (κ3) is 3.08. The minimum absolute atomic E-state index is 0.0339. The van der Waals surface area contributed by atoms with E-state index < -0.39 is 6.04 Å². The van der Waals surface area contributed by atoms with Crippen LogP contribution in [0.15, 0.2) is 12.2 Å². The number of allylic oxidation sites excluding steroid dienone is 1. The van der Waals surface area contributed by atoms with Crippen LogP contribution in [0.5, 0.6) is 0 Å². The lowest BCUT2D eigenvalue weighted by Gasteiger charge is -2.13. The zero-order chi connectivity index (χ0) is 12.1. The Labute approximate surface area is 96.0 Å². The first-order valence-corrected chi connectivity index (χ1v) is 5.71. The van der Waals surface area contributed by atoms with Crippen molar-refractivity contribution < 1.29 is 14.3 Å². The number of carbonyl (C=O) groups is 2. The van der Waals surface area contributed by atoms with E-state index in [2.05, 4.69) is 5.32 Å². The summed E-state index contributed by atoms with van der Waals surface area (Å²) in [4.78, 5) is 22.9. The average molecular weight is 225 g/mol. The van der Waals surface area contributed by atoms with Crippen molar-refractivity contribution in [3.05, 3.63) is 12.2 Å². The largest absolute Gasteiger partial charge is 0.461 e. The van der Waals surface area contributed by atoms with Crippen molar-refractivity contribution in [1.82, 2.24) is 5.32 Å². The van der Waals surface area contributed by atoms with E-state index in [0.29, 0.717) is 6.42 Å². The summed E-state index contributed by atoms with van der Waals surface area (Å²) in [5, 5.41) is 2.70. The topological polar surface area (TPSA) is 55.4 Å². The molecule has 3 atom stereocenters. The highest BCUT2D eigenvalue weighted by atomic mass is 16.6. The number of rotatable bonds is 4. The van der Waals surface area contributed by atoms with E-state index in [-0.39, 0.29) is 23.9 Å². The molecule has 0 spiro atoms. The van der Waals surface area contributed by atoms with E-state index in [4.69, 9.17) is 4.74 Å². The maximum atomic E-state index is 11.5. The predicted molar refractivity (Wildman–Crippen MR) is 60.7 cm³/mol. The van der Waals surface area contributed by atoms with Gasteiger partial charge in [0.2, 0.25) is 5.91 Å². The molecule has 0 aliphatic carbocycles. The summed E-state index contributed by atoms with van der Waals surface area (Å²) < 4.78 is 5.04. The standard InChI is InChI=1S/C12H19NO3/c1-4-5-6-7-10(14)13-11-8(2)9(3)16-12(11)15/h5-6,8-9,11H,4,7H2,1-3H3,(H,13,14)/b6-5+. The lowest BCUT2D eigenvalue weighted by Crippen LogP contribution is -2.41. The van der Waals surface area contributed by atoms with Crippen LogP contribution in [0.3, 0.4) is 0 Å². The van der Waals surface area contributed by atoms with Gasteiger partial charge in [-0.05, 0) is 13.3 Å². The van der Waals surface area contributed by atoms with Crippen LogP contribution in [0.25, 0.3) is 0 Å². The molecule has 1 aliphatic rings. The first-order valence-electron chi connectivity index (χ1n) is 5.71. The number of amides is 1. The number of hydrogen-bond donors (Lipinski definition) is 1. The van der Waals surface area contributed by atoms with Gasteiger partial charge in [-0.3, -0.25) is 4.79 Å². The summed E-state index contributed by atoms with van der Waals surface area (Å²) in [5.41, 5.74) is 0. The molecule has 90 valence electrons. The minimum atomic E-state index is -0.488. The first-order chi connectivity index (χ1) is 7.56. The maximum Gasteiger partial charge on any atom is 0.329 e. The van der Waals surface area contributed by atoms with Gasteiger partial charge in [0.05, 0.1) is 0 Å². The van der Waals surface area contributed by atoms with Gasteiger partial charge in [0, 0.05) is 12.3 Å². The highest BCUT2D eigenvalue weighted by molar-refractivity contribution is 5.86. The summed E-state index contributed by atoms with van der Waals surface area (Å²) >= 11 is 0. The number of esters is 1. The van der Waals surface area contributed by atoms with Crippen LogP contribution >= 0.6 is 0 Å². The van der Waals surface area contributed by atoms with Crippen LogP contribution in [0.2, 0.25) is 0 Å². The van der Waals surface area contributed by atoms with E-state index in [1.807, 2.05) is 32.9 Å². The van der Waals surface area contributed by atoms with Crippen molar-refractivity contribution >= 4 is 11.9 Å². The quantitative estimate of drug-likeness (QED) is 0.581. The molecule has 3 unspecified atom stereocenters. The Bertz CT molecular complexity index is 299. The SMILES string of the molecule is CC/C=C/CC(=O)NC1C(=O)OC(C)C1C. The van der Waals surface area contributed by atoms with Crippen LogP contribution < -0.4 is 5.32 Å². The van der Waals surface area contributed by atoms with Gasteiger partial charge in [0.15, 0.2) is 0 Å². The fraction of sp³-hybridized carbons (Fsp3) is 0.667. The van der Waals surface area contributed by atoms with Crippen molar-refractivity contribution in [3.63, 3.8) is 0 Å². The molecule has 1 heterocycles. The summed E-state index contributed by atoms with van der Waals surface area (Å²) in [6.07, 6.45) is 4.84. The van der Waals surface area contributed by atoms with E-state index in [1.165, 1.54) is 0 Å². The van der Waals surface area contributed by atoms with Gasteiger partial charge in [-0.1, -0.05) is 26.0 Å². The summed E-state index contributed by atoms with van der Waals surface area (Å²) in [6, 6.07) is -0.488. The Hall–Kier alpha value is -1.32. The number of ether oxygens (including phenoxy) is 1. The molecule has 0 radical (unpaired) electrons. The van der Waals surface area contributed by atoms with Crippen molar-refractivity contribution in [2.24, 2.45) is 5.92 Å². The second-order valence-electron chi connectivity index (χ2n) is 4.13. The van der Waals surface area contributed by atoms with E-state index in [0.717, 1.165) is 6.42 Å².